The van der Waals surface area contributed by atoms with Gasteiger partial charge in [-0.15, -0.1) is 0 Å². The van der Waals surface area contributed by atoms with Crippen molar-refractivity contribution in [3.63, 3.8) is 0 Å². The van der Waals surface area contributed by atoms with E-state index in [1.54, 1.807) is 4.90 Å². The van der Waals surface area contributed by atoms with Crippen molar-refractivity contribution in [3.05, 3.63) is 0 Å². The zero-order valence-corrected chi connectivity index (χ0v) is 11.4. The number of carbonyl (C=O) groups excluding carboxylic acids is 1. The molecule has 5 heteroatoms. The van der Waals surface area contributed by atoms with E-state index in [1.165, 1.54) is 0 Å². The Morgan fingerprint density at radius 1 is 1.50 bits per heavy atom. The zero-order valence-electron chi connectivity index (χ0n) is 11.4. The van der Waals surface area contributed by atoms with Gasteiger partial charge >= 0.3 is 6.09 Å². The molecule has 2 saturated heterocycles. The van der Waals surface area contributed by atoms with Gasteiger partial charge in [-0.05, 0) is 39.5 Å². The van der Waals surface area contributed by atoms with Gasteiger partial charge in [0.25, 0.3) is 0 Å². The van der Waals surface area contributed by atoms with Crippen LogP contribution in [-0.4, -0.2) is 53.6 Å². The van der Waals surface area contributed by atoms with Crippen molar-refractivity contribution < 1.29 is 19.4 Å². The summed E-state index contributed by atoms with van der Waals surface area (Å²) in [4.78, 5) is 13.5. The second-order valence-electron chi connectivity index (χ2n) is 6.41. The molecule has 1 N–H and O–H groups in total. The lowest BCUT2D eigenvalue weighted by Crippen LogP contribution is -2.67. The summed E-state index contributed by atoms with van der Waals surface area (Å²) in [5.41, 5.74) is -0.691. The van der Waals surface area contributed by atoms with Crippen LogP contribution in [0.25, 0.3) is 0 Å². The molecule has 2 aliphatic heterocycles. The van der Waals surface area contributed by atoms with Crippen LogP contribution in [0.3, 0.4) is 0 Å². The molecule has 104 valence electrons. The Hall–Kier alpha value is -0.810. The van der Waals surface area contributed by atoms with Gasteiger partial charge < -0.3 is 19.5 Å². The Morgan fingerprint density at radius 2 is 2.17 bits per heavy atom. The number of hydrogen-bond donors (Lipinski definition) is 1. The van der Waals surface area contributed by atoms with E-state index in [9.17, 15) is 9.90 Å². The largest absolute Gasteiger partial charge is 0.444 e. The Balaban J connectivity index is 1.84. The van der Waals surface area contributed by atoms with Crippen molar-refractivity contribution in [2.75, 3.05) is 26.3 Å². The minimum atomic E-state index is -0.457. The molecular formula is C13H23NO4. The van der Waals surface area contributed by atoms with Crippen molar-refractivity contribution in [1.29, 1.82) is 0 Å². The van der Waals surface area contributed by atoms with Crippen LogP contribution in [0, 0.1) is 5.92 Å². The highest BCUT2D eigenvalue weighted by atomic mass is 16.6. The van der Waals surface area contributed by atoms with E-state index in [-0.39, 0.29) is 18.3 Å². The predicted octanol–water partition coefficient (Wildman–Crippen LogP) is 1.39. The predicted molar refractivity (Wildman–Crippen MR) is 66.3 cm³/mol. The molecule has 1 spiro atoms. The Bertz CT molecular complexity index is 317. The second-order valence-corrected chi connectivity index (χ2v) is 6.41. The van der Waals surface area contributed by atoms with Gasteiger partial charge in [-0.2, -0.15) is 0 Å². The van der Waals surface area contributed by atoms with Gasteiger partial charge in [-0.3, -0.25) is 0 Å². The number of nitrogens with zero attached hydrogens (tertiary/aromatic N) is 1. The highest BCUT2D eigenvalue weighted by Gasteiger charge is 2.50. The molecule has 1 unspecified atom stereocenters. The van der Waals surface area contributed by atoms with Crippen molar-refractivity contribution in [2.45, 2.75) is 44.8 Å². The molecule has 0 bridgehead atoms. The lowest BCUT2D eigenvalue weighted by molar-refractivity contribution is -0.176. The Labute approximate surface area is 108 Å². The van der Waals surface area contributed by atoms with Crippen LogP contribution in [-0.2, 0) is 9.47 Å². The number of ether oxygens (including phenoxy) is 2. The minimum Gasteiger partial charge on any atom is -0.444 e. The van der Waals surface area contributed by atoms with E-state index in [2.05, 4.69) is 0 Å². The molecule has 1 amide bonds. The number of carbonyl (C=O) groups is 1. The number of aliphatic hydroxyl groups is 1. The highest BCUT2D eigenvalue weighted by molar-refractivity contribution is 5.69. The van der Waals surface area contributed by atoms with Gasteiger partial charge in [-0.25, -0.2) is 4.79 Å². The first-order valence-corrected chi connectivity index (χ1v) is 6.56. The van der Waals surface area contributed by atoms with Crippen LogP contribution in [0.1, 0.15) is 33.6 Å². The van der Waals surface area contributed by atoms with E-state index in [0.717, 1.165) is 12.8 Å². The first-order valence-electron chi connectivity index (χ1n) is 6.56. The van der Waals surface area contributed by atoms with Gasteiger partial charge in [0.1, 0.15) is 11.2 Å². The standard InChI is InChI=1S/C13H23NO4/c1-12(2,3)18-11(16)14-8-13(9-14)6-10(7-15)4-5-17-13/h10,15H,4-9H2,1-3H3. The van der Waals surface area contributed by atoms with Crippen molar-refractivity contribution in [2.24, 2.45) is 5.92 Å². The molecule has 18 heavy (non-hydrogen) atoms. The van der Waals surface area contributed by atoms with E-state index >= 15 is 0 Å². The molecule has 0 aromatic heterocycles. The van der Waals surface area contributed by atoms with Crippen LogP contribution in [0.5, 0.6) is 0 Å². The zero-order chi connectivity index (χ0) is 13.4. The van der Waals surface area contributed by atoms with Gasteiger partial charge in [0.15, 0.2) is 0 Å². The average Bonchev–Trinajstić information content (AvgIpc) is 2.23. The van der Waals surface area contributed by atoms with Crippen molar-refractivity contribution >= 4 is 6.09 Å². The molecule has 2 rings (SSSR count). The maximum atomic E-state index is 11.8. The molecule has 2 heterocycles. The molecule has 0 aliphatic carbocycles. The summed E-state index contributed by atoms with van der Waals surface area (Å²) in [7, 11) is 0. The van der Waals surface area contributed by atoms with E-state index < -0.39 is 5.60 Å². The molecule has 0 aromatic carbocycles. The molecule has 0 aromatic rings. The molecular weight excluding hydrogens is 234 g/mol. The first-order chi connectivity index (χ1) is 8.34. The lowest BCUT2D eigenvalue weighted by Gasteiger charge is -2.52. The first kappa shape index (κ1) is 13.6. The Morgan fingerprint density at radius 3 is 2.72 bits per heavy atom. The van der Waals surface area contributed by atoms with Gasteiger partial charge in [0.2, 0.25) is 0 Å². The quantitative estimate of drug-likeness (QED) is 0.771. The third kappa shape index (κ3) is 2.95. The summed E-state index contributed by atoms with van der Waals surface area (Å²) < 4.78 is 11.1. The van der Waals surface area contributed by atoms with Crippen LogP contribution < -0.4 is 0 Å². The monoisotopic (exact) mass is 257 g/mol. The SMILES string of the molecule is CC(C)(C)OC(=O)N1CC2(CC(CO)CCO2)C1. The molecule has 5 nitrogen and oxygen atoms in total. The van der Waals surface area contributed by atoms with Gasteiger partial charge in [0, 0.05) is 13.2 Å². The number of rotatable bonds is 1. The minimum absolute atomic E-state index is 0.206. The summed E-state index contributed by atoms with van der Waals surface area (Å²) in [5, 5.41) is 9.21. The second kappa shape index (κ2) is 4.70. The fourth-order valence-electron chi connectivity index (χ4n) is 2.61. The number of hydrogen-bond acceptors (Lipinski definition) is 4. The molecule has 0 saturated carbocycles. The molecule has 0 radical (unpaired) electrons. The average molecular weight is 257 g/mol. The summed E-state index contributed by atoms with van der Waals surface area (Å²) in [5.74, 6) is 0.305. The molecule has 1 atom stereocenters. The summed E-state index contributed by atoms with van der Waals surface area (Å²) in [6.07, 6.45) is 1.47. The van der Waals surface area contributed by atoms with Gasteiger partial charge in [0.05, 0.1) is 13.1 Å². The van der Waals surface area contributed by atoms with E-state index in [1.807, 2.05) is 20.8 Å². The fourth-order valence-corrected chi connectivity index (χ4v) is 2.61. The fraction of sp³-hybridized carbons (Fsp3) is 0.923. The number of amides is 1. The van der Waals surface area contributed by atoms with Gasteiger partial charge in [-0.1, -0.05) is 0 Å². The number of aliphatic hydroxyl groups excluding tert-OH is 1. The third-order valence-corrected chi connectivity index (χ3v) is 3.46. The van der Waals surface area contributed by atoms with Crippen molar-refractivity contribution in [1.82, 2.24) is 4.90 Å². The summed E-state index contributed by atoms with van der Waals surface area (Å²) >= 11 is 0. The Kier molecular flexibility index (Phi) is 3.56. The molecule has 2 fully saturated rings. The normalized spacial score (nSPS) is 26.9. The summed E-state index contributed by atoms with van der Waals surface area (Å²) in [6, 6.07) is 0. The maximum absolute atomic E-state index is 11.8. The smallest absolute Gasteiger partial charge is 0.410 e. The van der Waals surface area contributed by atoms with Crippen LogP contribution >= 0.6 is 0 Å². The molecule has 2 aliphatic rings. The lowest BCUT2D eigenvalue weighted by atomic mass is 9.81. The van der Waals surface area contributed by atoms with Crippen molar-refractivity contribution in [3.8, 4) is 0 Å². The topological polar surface area (TPSA) is 59.0 Å². The maximum Gasteiger partial charge on any atom is 0.410 e. The van der Waals surface area contributed by atoms with E-state index in [0.29, 0.717) is 25.6 Å². The van der Waals surface area contributed by atoms with Crippen LogP contribution in [0.4, 0.5) is 4.79 Å². The van der Waals surface area contributed by atoms with Crippen LogP contribution in [0.15, 0.2) is 0 Å². The number of likely N-dealkylation sites (tertiary alicyclic amines) is 1. The third-order valence-electron chi connectivity index (χ3n) is 3.46. The highest BCUT2D eigenvalue weighted by Crippen LogP contribution is 2.37. The van der Waals surface area contributed by atoms with Crippen LogP contribution in [0.2, 0.25) is 0 Å². The summed E-state index contributed by atoms with van der Waals surface area (Å²) in [6.45, 7) is 7.62. The van der Waals surface area contributed by atoms with E-state index in [4.69, 9.17) is 9.47 Å².